The molecule has 1 fully saturated rings. The van der Waals surface area contributed by atoms with E-state index in [1.54, 1.807) is 10.7 Å². The molecule has 2 aromatic carbocycles. The van der Waals surface area contributed by atoms with Gasteiger partial charge in [-0.3, -0.25) is 4.90 Å². The van der Waals surface area contributed by atoms with Gasteiger partial charge in [0.15, 0.2) is 5.82 Å². The molecule has 4 rings (SSSR count). The van der Waals surface area contributed by atoms with Gasteiger partial charge in [-0.25, -0.2) is 9.07 Å². The molecule has 0 radical (unpaired) electrons. The second-order valence-corrected chi connectivity index (χ2v) is 7.22. The number of rotatable bonds is 5. The van der Waals surface area contributed by atoms with Crippen molar-refractivity contribution in [3.63, 3.8) is 0 Å². The fourth-order valence-corrected chi connectivity index (χ4v) is 3.92. The molecular formula is C20H22ClFN6. The first-order valence-electron chi connectivity index (χ1n) is 9.42. The molecule has 6 nitrogen and oxygen atoms in total. The second-order valence-electron chi connectivity index (χ2n) is 6.78. The number of aryl methyl sites for hydroxylation is 1. The van der Waals surface area contributed by atoms with Gasteiger partial charge in [0.05, 0.1) is 0 Å². The third-order valence-corrected chi connectivity index (χ3v) is 5.39. The number of piperazine rings is 1. The fourth-order valence-electron chi connectivity index (χ4n) is 3.74. The highest BCUT2D eigenvalue weighted by Gasteiger charge is 2.32. The van der Waals surface area contributed by atoms with Crippen LogP contribution in [-0.2, 0) is 6.54 Å². The van der Waals surface area contributed by atoms with E-state index in [1.807, 2.05) is 37.3 Å². The van der Waals surface area contributed by atoms with Crippen molar-refractivity contribution in [2.24, 2.45) is 0 Å². The molecule has 0 amide bonds. The average Bonchev–Trinajstić information content (AvgIpc) is 3.18. The fraction of sp³-hybridized carbons (Fsp3) is 0.350. The molecule has 8 heteroatoms. The maximum Gasteiger partial charge on any atom is 0.173 e. The van der Waals surface area contributed by atoms with Gasteiger partial charge in [0.1, 0.15) is 11.9 Å². The molecule has 1 aliphatic rings. The van der Waals surface area contributed by atoms with E-state index in [0.717, 1.165) is 36.9 Å². The predicted octanol–water partition coefficient (Wildman–Crippen LogP) is 3.40. The van der Waals surface area contributed by atoms with Crippen LogP contribution in [0.15, 0.2) is 48.5 Å². The quantitative estimate of drug-likeness (QED) is 0.657. The molecule has 1 unspecified atom stereocenters. The summed E-state index contributed by atoms with van der Waals surface area (Å²) in [5.41, 5.74) is 1.70. The maximum absolute atomic E-state index is 14.7. The van der Waals surface area contributed by atoms with Crippen LogP contribution in [0.3, 0.4) is 0 Å². The number of halogens is 2. The van der Waals surface area contributed by atoms with Gasteiger partial charge in [0.25, 0.3) is 0 Å². The van der Waals surface area contributed by atoms with E-state index < -0.39 is 0 Å². The number of aromatic nitrogens is 4. The van der Waals surface area contributed by atoms with Gasteiger partial charge >= 0.3 is 0 Å². The number of hydrogen-bond acceptors (Lipinski definition) is 5. The van der Waals surface area contributed by atoms with Gasteiger partial charge in [-0.05, 0) is 41.6 Å². The molecule has 2 heterocycles. The lowest BCUT2D eigenvalue weighted by atomic mass is 10.0. The first-order valence-corrected chi connectivity index (χ1v) is 9.80. The third kappa shape index (κ3) is 3.72. The van der Waals surface area contributed by atoms with E-state index >= 15 is 0 Å². The van der Waals surface area contributed by atoms with E-state index in [1.165, 1.54) is 6.07 Å². The topological polar surface area (TPSA) is 50.1 Å². The van der Waals surface area contributed by atoms with Crippen molar-refractivity contribution in [1.29, 1.82) is 0 Å². The van der Waals surface area contributed by atoms with Crippen LogP contribution in [0.4, 0.5) is 10.1 Å². The SMILES string of the molecule is CCn1nnnc1C(c1ccccc1F)N1CCN(c2cccc(Cl)c2)CC1. The summed E-state index contributed by atoms with van der Waals surface area (Å²) >= 11 is 6.14. The number of benzene rings is 2. The molecule has 0 spiro atoms. The number of hydrogen-bond donors (Lipinski definition) is 0. The van der Waals surface area contributed by atoms with Gasteiger partial charge in [-0.2, -0.15) is 0 Å². The average molecular weight is 401 g/mol. The Labute approximate surface area is 168 Å². The lowest BCUT2D eigenvalue weighted by Crippen LogP contribution is -2.48. The van der Waals surface area contributed by atoms with Crippen LogP contribution in [0.25, 0.3) is 0 Å². The largest absolute Gasteiger partial charge is 0.369 e. The van der Waals surface area contributed by atoms with Crippen LogP contribution < -0.4 is 4.90 Å². The summed E-state index contributed by atoms with van der Waals surface area (Å²) < 4.78 is 16.4. The first kappa shape index (κ1) is 18.8. The van der Waals surface area contributed by atoms with Crippen LogP contribution in [0, 0.1) is 5.82 Å². The molecular weight excluding hydrogens is 379 g/mol. The lowest BCUT2D eigenvalue weighted by molar-refractivity contribution is 0.197. The number of anilines is 1. The van der Waals surface area contributed by atoms with Crippen molar-refractivity contribution in [2.45, 2.75) is 19.5 Å². The second kappa shape index (κ2) is 8.24. The minimum absolute atomic E-state index is 0.240. The Morgan fingerprint density at radius 1 is 1.07 bits per heavy atom. The zero-order valence-electron chi connectivity index (χ0n) is 15.7. The summed E-state index contributed by atoms with van der Waals surface area (Å²) in [5, 5.41) is 12.8. The molecule has 0 saturated carbocycles. The number of tetrazole rings is 1. The minimum atomic E-state index is -0.322. The molecule has 3 aromatic rings. The van der Waals surface area contributed by atoms with Gasteiger partial charge in [0, 0.05) is 49.0 Å². The Balaban J connectivity index is 1.61. The molecule has 146 valence electrons. The summed E-state index contributed by atoms with van der Waals surface area (Å²) in [4.78, 5) is 4.54. The molecule has 1 saturated heterocycles. The van der Waals surface area contributed by atoms with Gasteiger partial charge in [-0.1, -0.05) is 35.9 Å². The normalized spacial score (nSPS) is 16.3. The van der Waals surface area contributed by atoms with Crippen molar-refractivity contribution in [2.75, 3.05) is 31.1 Å². The Hall–Kier alpha value is -2.51. The molecule has 1 atom stereocenters. The summed E-state index contributed by atoms with van der Waals surface area (Å²) in [6.07, 6.45) is 0. The standard InChI is InChI=1S/C20H22ClFN6/c1-2-28-20(23-24-25-28)19(17-8-3-4-9-18(17)22)27-12-10-26(11-13-27)16-7-5-6-15(21)14-16/h3-9,14,19H,2,10-13H2,1H3. The van der Waals surface area contributed by atoms with Crippen molar-refractivity contribution in [3.8, 4) is 0 Å². The summed E-state index contributed by atoms with van der Waals surface area (Å²) in [6.45, 7) is 5.78. The van der Waals surface area contributed by atoms with Crippen molar-refractivity contribution >= 4 is 17.3 Å². The smallest absolute Gasteiger partial charge is 0.173 e. The lowest BCUT2D eigenvalue weighted by Gasteiger charge is -2.40. The molecule has 0 N–H and O–H groups in total. The molecule has 0 aliphatic carbocycles. The molecule has 1 aliphatic heterocycles. The van der Waals surface area contributed by atoms with Crippen LogP contribution in [0.1, 0.15) is 24.4 Å². The van der Waals surface area contributed by atoms with Gasteiger partial charge in [-0.15, -0.1) is 5.10 Å². The van der Waals surface area contributed by atoms with Crippen LogP contribution >= 0.6 is 11.6 Å². The van der Waals surface area contributed by atoms with Crippen molar-refractivity contribution in [3.05, 3.63) is 70.8 Å². The van der Waals surface area contributed by atoms with Crippen LogP contribution in [-0.4, -0.2) is 51.3 Å². The monoisotopic (exact) mass is 400 g/mol. The van der Waals surface area contributed by atoms with E-state index in [4.69, 9.17) is 11.6 Å². The number of nitrogens with zero attached hydrogens (tertiary/aromatic N) is 6. The zero-order valence-corrected chi connectivity index (χ0v) is 16.4. The predicted molar refractivity (Wildman–Crippen MR) is 107 cm³/mol. The highest BCUT2D eigenvalue weighted by molar-refractivity contribution is 6.30. The van der Waals surface area contributed by atoms with Gasteiger partial charge in [0.2, 0.25) is 0 Å². The third-order valence-electron chi connectivity index (χ3n) is 5.16. The van der Waals surface area contributed by atoms with Crippen LogP contribution in [0.5, 0.6) is 0 Å². The summed E-state index contributed by atoms with van der Waals surface area (Å²) in [7, 11) is 0. The van der Waals surface area contributed by atoms with E-state index in [2.05, 4.69) is 31.4 Å². The van der Waals surface area contributed by atoms with E-state index in [0.29, 0.717) is 17.9 Å². The highest BCUT2D eigenvalue weighted by Crippen LogP contribution is 2.31. The zero-order chi connectivity index (χ0) is 19.5. The van der Waals surface area contributed by atoms with E-state index in [-0.39, 0.29) is 11.9 Å². The minimum Gasteiger partial charge on any atom is -0.369 e. The van der Waals surface area contributed by atoms with Crippen molar-refractivity contribution < 1.29 is 4.39 Å². The Morgan fingerprint density at radius 2 is 1.86 bits per heavy atom. The van der Waals surface area contributed by atoms with E-state index in [9.17, 15) is 4.39 Å². The summed E-state index contributed by atoms with van der Waals surface area (Å²) in [6, 6.07) is 14.4. The summed E-state index contributed by atoms with van der Waals surface area (Å²) in [5.74, 6) is 0.430. The Morgan fingerprint density at radius 3 is 2.57 bits per heavy atom. The maximum atomic E-state index is 14.7. The Kier molecular flexibility index (Phi) is 5.54. The molecule has 0 bridgehead atoms. The van der Waals surface area contributed by atoms with Crippen LogP contribution in [0.2, 0.25) is 5.02 Å². The van der Waals surface area contributed by atoms with Crippen molar-refractivity contribution in [1.82, 2.24) is 25.1 Å². The highest BCUT2D eigenvalue weighted by atomic mass is 35.5. The van der Waals surface area contributed by atoms with Gasteiger partial charge < -0.3 is 4.90 Å². The first-order chi connectivity index (χ1) is 13.7. The molecule has 28 heavy (non-hydrogen) atoms. The Bertz CT molecular complexity index is 938. The molecule has 1 aromatic heterocycles.